The van der Waals surface area contributed by atoms with Crippen molar-refractivity contribution in [2.24, 2.45) is 0 Å². The number of aryl methyl sites for hydroxylation is 1. The number of hydrogen-bond donors (Lipinski definition) is 0. The fourth-order valence-electron chi connectivity index (χ4n) is 3.37. The zero-order chi connectivity index (χ0) is 23.3. The molecule has 170 valence electrons. The molecule has 3 aromatic carbocycles. The molecule has 2 heterocycles. The van der Waals surface area contributed by atoms with Gasteiger partial charge < -0.3 is 9.15 Å². The summed E-state index contributed by atoms with van der Waals surface area (Å²) in [5.74, 6) is 2.80. The van der Waals surface area contributed by atoms with E-state index >= 15 is 0 Å². The molecule has 0 saturated heterocycles. The maximum absolute atomic E-state index is 6.25. The van der Waals surface area contributed by atoms with Crippen LogP contribution in [0.4, 0.5) is 0 Å². The summed E-state index contributed by atoms with van der Waals surface area (Å²) < 4.78 is 13.9. The van der Waals surface area contributed by atoms with E-state index in [1.807, 2.05) is 84.3 Å². The van der Waals surface area contributed by atoms with E-state index in [4.69, 9.17) is 20.8 Å². The number of thioether (sulfide) groups is 1. The van der Waals surface area contributed by atoms with Gasteiger partial charge in [0.2, 0.25) is 11.8 Å². The van der Waals surface area contributed by atoms with Crippen LogP contribution >= 0.6 is 23.4 Å². The predicted octanol–water partition coefficient (Wildman–Crippen LogP) is 6.15. The van der Waals surface area contributed by atoms with Gasteiger partial charge >= 0.3 is 0 Å². The number of halogens is 1. The normalized spacial score (nSPS) is 11.0. The highest BCUT2D eigenvalue weighted by Crippen LogP contribution is 2.29. The van der Waals surface area contributed by atoms with Crippen molar-refractivity contribution in [1.82, 2.24) is 25.0 Å². The van der Waals surface area contributed by atoms with Gasteiger partial charge in [-0.1, -0.05) is 71.9 Å². The van der Waals surface area contributed by atoms with E-state index in [2.05, 4.69) is 20.4 Å². The molecule has 0 unspecified atom stereocenters. The second-order valence-corrected chi connectivity index (χ2v) is 8.74. The van der Waals surface area contributed by atoms with Crippen molar-refractivity contribution < 1.29 is 9.15 Å². The third-order valence-electron chi connectivity index (χ3n) is 5.06. The smallest absolute Gasteiger partial charge is 0.249 e. The Hall–Kier alpha value is -3.62. The summed E-state index contributed by atoms with van der Waals surface area (Å²) in [5, 5.41) is 18.4. The molecule has 0 spiro atoms. The molecule has 0 saturated carbocycles. The summed E-state index contributed by atoms with van der Waals surface area (Å²) >= 11 is 7.71. The van der Waals surface area contributed by atoms with E-state index in [-0.39, 0.29) is 6.61 Å². The van der Waals surface area contributed by atoms with Gasteiger partial charge in [0.15, 0.2) is 11.0 Å². The molecule has 0 bridgehead atoms. The fourth-order valence-corrected chi connectivity index (χ4v) is 4.39. The highest BCUT2D eigenvalue weighted by molar-refractivity contribution is 7.98. The van der Waals surface area contributed by atoms with Crippen LogP contribution in [-0.4, -0.2) is 25.0 Å². The first-order valence-corrected chi connectivity index (χ1v) is 11.9. The molecule has 34 heavy (non-hydrogen) atoms. The van der Waals surface area contributed by atoms with Crippen molar-refractivity contribution in [2.45, 2.75) is 24.4 Å². The first-order chi connectivity index (χ1) is 16.7. The van der Waals surface area contributed by atoms with Crippen molar-refractivity contribution in [3.63, 3.8) is 0 Å². The van der Waals surface area contributed by atoms with E-state index in [0.29, 0.717) is 39.1 Å². The highest BCUT2D eigenvalue weighted by atomic mass is 35.5. The minimum atomic E-state index is 0.282. The molecule has 0 fully saturated rings. The van der Waals surface area contributed by atoms with E-state index in [0.717, 1.165) is 17.0 Å². The van der Waals surface area contributed by atoms with Crippen LogP contribution in [0.3, 0.4) is 0 Å². The first-order valence-electron chi connectivity index (χ1n) is 10.6. The summed E-state index contributed by atoms with van der Waals surface area (Å²) in [5.41, 5.74) is 2.71. The van der Waals surface area contributed by atoms with Gasteiger partial charge in [0.05, 0.1) is 16.3 Å². The van der Waals surface area contributed by atoms with Crippen LogP contribution in [0.2, 0.25) is 5.02 Å². The molecule has 0 aliphatic heterocycles. The Morgan fingerprint density at radius 3 is 2.47 bits per heavy atom. The molecule has 9 heteroatoms. The zero-order valence-corrected chi connectivity index (χ0v) is 19.8. The van der Waals surface area contributed by atoms with Crippen LogP contribution < -0.4 is 4.74 Å². The van der Waals surface area contributed by atoms with Gasteiger partial charge in [-0.05, 0) is 42.8 Å². The molecule has 0 N–H and O–H groups in total. The molecular formula is C25H20ClN5O2S. The van der Waals surface area contributed by atoms with Gasteiger partial charge in [-0.25, -0.2) is 0 Å². The van der Waals surface area contributed by atoms with Crippen molar-refractivity contribution in [1.29, 1.82) is 0 Å². The number of benzene rings is 3. The van der Waals surface area contributed by atoms with Gasteiger partial charge in [-0.2, -0.15) is 0 Å². The molecule has 5 aromatic rings. The molecule has 0 amide bonds. The zero-order valence-electron chi connectivity index (χ0n) is 18.3. The Labute approximate surface area is 205 Å². The van der Waals surface area contributed by atoms with Crippen molar-refractivity contribution >= 4 is 23.4 Å². The standard InChI is InChI=1S/C25H20ClN5O2S/c1-17-9-5-8-14-21(17)32-15-22-27-30-25(31(22)18-10-3-2-4-11-18)34-16-23-28-29-24(33-23)19-12-6-7-13-20(19)26/h2-14H,15-16H2,1H3. The van der Waals surface area contributed by atoms with E-state index < -0.39 is 0 Å². The van der Waals surface area contributed by atoms with Crippen LogP contribution in [0.15, 0.2) is 88.4 Å². The first kappa shape index (κ1) is 22.2. The molecule has 5 rings (SSSR count). The minimum absolute atomic E-state index is 0.282. The topological polar surface area (TPSA) is 78.9 Å². The van der Waals surface area contributed by atoms with Gasteiger partial charge in [-0.3, -0.25) is 4.57 Å². The Morgan fingerprint density at radius 2 is 1.65 bits per heavy atom. The molecule has 7 nitrogen and oxygen atoms in total. The van der Waals surface area contributed by atoms with E-state index in [9.17, 15) is 0 Å². The third-order valence-corrected chi connectivity index (χ3v) is 6.30. The number of aromatic nitrogens is 5. The van der Waals surface area contributed by atoms with Crippen LogP contribution in [0, 0.1) is 6.92 Å². The van der Waals surface area contributed by atoms with Crippen LogP contribution in [0.1, 0.15) is 17.3 Å². The summed E-state index contributed by atoms with van der Waals surface area (Å²) in [6.07, 6.45) is 0. The second-order valence-electron chi connectivity index (χ2n) is 7.39. The summed E-state index contributed by atoms with van der Waals surface area (Å²) in [6.45, 7) is 2.30. The molecule has 0 aliphatic rings. The third kappa shape index (κ3) is 4.83. The van der Waals surface area contributed by atoms with E-state index in [1.165, 1.54) is 11.8 Å². The number of nitrogens with zero attached hydrogens (tertiary/aromatic N) is 5. The lowest BCUT2D eigenvalue weighted by Gasteiger charge is -2.11. The SMILES string of the molecule is Cc1ccccc1OCc1nnc(SCc2nnc(-c3ccccc3Cl)o2)n1-c1ccccc1. The lowest BCUT2D eigenvalue weighted by Crippen LogP contribution is -2.07. The quantitative estimate of drug-likeness (QED) is 0.242. The maximum atomic E-state index is 6.25. The molecule has 0 radical (unpaired) electrons. The number of hydrogen-bond acceptors (Lipinski definition) is 7. The largest absolute Gasteiger partial charge is 0.485 e. The van der Waals surface area contributed by atoms with Crippen molar-refractivity contribution in [3.05, 3.63) is 101 Å². The summed E-state index contributed by atoms with van der Waals surface area (Å²) in [7, 11) is 0. The molecule has 0 atom stereocenters. The fraction of sp³-hybridized carbons (Fsp3) is 0.120. The Kier molecular flexibility index (Phi) is 6.60. The summed E-state index contributed by atoms with van der Waals surface area (Å²) in [6, 6.07) is 25.2. The van der Waals surface area contributed by atoms with Gasteiger partial charge in [0.25, 0.3) is 0 Å². The van der Waals surface area contributed by atoms with E-state index in [1.54, 1.807) is 6.07 Å². The average Bonchev–Trinajstić information content (AvgIpc) is 3.50. The Morgan fingerprint density at radius 1 is 0.882 bits per heavy atom. The molecular weight excluding hydrogens is 470 g/mol. The Bertz CT molecular complexity index is 1400. The van der Waals surface area contributed by atoms with Crippen LogP contribution in [-0.2, 0) is 12.4 Å². The Balaban J connectivity index is 1.37. The number of ether oxygens (including phenoxy) is 1. The predicted molar refractivity (Wildman–Crippen MR) is 131 cm³/mol. The van der Waals surface area contributed by atoms with Gasteiger partial charge in [-0.15, -0.1) is 20.4 Å². The van der Waals surface area contributed by atoms with Crippen LogP contribution in [0.5, 0.6) is 5.75 Å². The summed E-state index contributed by atoms with van der Waals surface area (Å²) in [4.78, 5) is 0. The van der Waals surface area contributed by atoms with Gasteiger partial charge in [0, 0.05) is 5.69 Å². The average molecular weight is 490 g/mol. The number of rotatable bonds is 8. The highest BCUT2D eigenvalue weighted by Gasteiger charge is 2.18. The number of para-hydroxylation sites is 2. The monoisotopic (exact) mass is 489 g/mol. The lowest BCUT2D eigenvalue weighted by molar-refractivity contribution is 0.291. The van der Waals surface area contributed by atoms with Crippen molar-refractivity contribution in [2.75, 3.05) is 0 Å². The minimum Gasteiger partial charge on any atom is -0.485 e. The molecule has 0 aliphatic carbocycles. The molecule has 2 aromatic heterocycles. The second kappa shape index (κ2) is 10.1. The van der Waals surface area contributed by atoms with Crippen molar-refractivity contribution in [3.8, 4) is 22.9 Å². The van der Waals surface area contributed by atoms with Crippen LogP contribution in [0.25, 0.3) is 17.1 Å². The maximum Gasteiger partial charge on any atom is 0.249 e. The van der Waals surface area contributed by atoms with Gasteiger partial charge in [0.1, 0.15) is 12.4 Å². The lowest BCUT2D eigenvalue weighted by atomic mass is 10.2.